The summed E-state index contributed by atoms with van der Waals surface area (Å²) in [5.41, 5.74) is -0.0870. The lowest BCUT2D eigenvalue weighted by Gasteiger charge is -2.23. The quantitative estimate of drug-likeness (QED) is 0.870. The Labute approximate surface area is 118 Å². The average Bonchev–Trinajstić information content (AvgIpc) is 2.71. The Bertz CT molecular complexity index is 471. The first-order chi connectivity index (χ1) is 9.58. The second kappa shape index (κ2) is 6.79. The zero-order valence-electron chi connectivity index (χ0n) is 11.7. The van der Waals surface area contributed by atoms with E-state index in [-0.39, 0.29) is 17.6 Å². The van der Waals surface area contributed by atoms with Crippen molar-refractivity contribution in [2.45, 2.75) is 38.6 Å². The number of amides is 1. The molecule has 0 bridgehead atoms. The summed E-state index contributed by atoms with van der Waals surface area (Å²) in [6, 6.07) is 2.82. The number of carbonyl (C=O) groups excluding carboxylic acids is 1. The fourth-order valence-electron chi connectivity index (χ4n) is 2.64. The molecule has 0 radical (unpaired) electrons. The summed E-state index contributed by atoms with van der Waals surface area (Å²) < 4.78 is 26.6. The van der Waals surface area contributed by atoms with Crippen LogP contribution in [0.25, 0.3) is 0 Å². The van der Waals surface area contributed by atoms with Crippen molar-refractivity contribution in [3.63, 3.8) is 0 Å². The fraction of sp³-hybridized carbons (Fsp3) is 0.533. The van der Waals surface area contributed by atoms with Gasteiger partial charge in [0.25, 0.3) is 5.91 Å². The molecule has 1 fully saturated rings. The van der Waals surface area contributed by atoms with Crippen LogP contribution in [-0.2, 0) is 4.79 Å². The van der Waals surface area contributed by atoms with Crippen LogP contribution in [0.1, 0.15) is 32.6 Å². The van der Waals surface area contributed by atoms with E-state index in [0.717, 1.165) is 44.1 Å². The van der Waals surface area contributed by atoms with Crippen LogP contribution < -0.4 is 10.2 Å². The highest BCUT2D eigenvalue weighted by Crippen LogP contribution is 2.15. The molecule has 1 aromatic rings. The Hall–Kier alpha value is -1.49. The van der Waals surface area contributed by atoms with E-state index < -0.39 is 11.6 Å². The maximum atomic E-state index is 13.5. The Morgan fingerprint density at radius 2 is 1.85 bits per heavy atom. The van der Waals surface area contributed by atoms with Crippen molar-refractivity contribution < 1.29 is 18.5 Å². The van der Waals surface area contributed by atoms with Crippen LogP contribution in [0.15, 0.2) is 18.2 Å². The topological polar surface area (TPSA) is 33.5 Å². The second-order valence-corrected chi connectivity index (χ2v) is 5.41. The number of hydrogen-bond acceptors (Lipinski definition) is 1. The number of quaternary nitrogens is 1. The summed E-state index contributed by atoms with van der Waals surface area (Å²) in [6.45, 7) is 3.76. The van der Waals surface area contributed by atoms with Crippen LogP contribution in [0.2, 0.25) is 0 Å². The molecule has 1 atom stereocenters. The number of hydrogen-bond donors (Lipinski definition) is 2. The van der Waals surface area contributed by atoms with E-state index in [0.29, 0.717) is 0 Å². The molecule has 0 spiro atoms. The van der Waals surface area contributed by atoms with Crippen molar-refractivity contribution in [2.75, 3.05) is 18.4 Å². The minimum Gasteiger partial charge on any atom is -0.325 e. The zero-order chi connectivity index (χ0) is 14.5. The molecule has 5 heteroatoms. The molecule has 0 unspecified atom stereocenters. The number of likely N-dealkylation sites (tertiary alicyclic amines) is 1. The van der Waals surface area contributed by atoms with Gasteiger partial charge in [-0.25, -0.2) is 8.78 Å². The largest absolute Gasteiger partial charge is 0.325 e. The van der Waals surface area contributed by atoms with Gasteiger partial charge in [0, 0.05) is 6.07 Å². The lowest BCUT2D eigenvalue weighted by atomic mass is 10.2. The van der Waals surface area contributed by atoms with Gasteiger partial charge in [-0.05, 0) is 44.7 Å². The standard InChI is InChI=1S/C15H20F2N2O/c1-11(19-8-4-2-3-5-9-19)15(20)18-14-10-12(16)6-7-13(14)17/h6-7,10-11H,2-5,8-9H2,1H3,(H,18,20)/p+1/t11-/m0/s1. The minimum absolute atomic E-state index is 0.0870. The molecule has 0 aromatic heterocycles. The predicted octanol–water partition coefficient (Wildman–Crippen LogP) is 1.75. The third kappa shape index (κ3) is 3.76. The van der Waals surface area contributed by atoms with Crippen LogP contribution >= 0.6 is 0 Å². The van der Waals surface area contributed by atoms with E-state index in [1.54, 1.807) is 0 Å². The lowest BCUT2D eigenvalue weighted by molar-refractivity contribution is -0.913. The van der Waals surface area contributed by atoms with E-state index in [1.165, 1.54) is 17.7 Å². The molecule has 2 rings (SSSR count). The minimum atomic E-state index is -0.613. The van der Waals surface area contributed by atoms with Gasteiger partial charge in [-0.15, -0.1) is 0 Å². The smallest absolute Gasteiger partial charge is 0.282 e. The number of nitrogens with one attached hydrogen (secondary N) is 2. The Balaban J connectivity index is 2.01. The molecule has 1 heterocycles. The Kier molecular flexibility index (Phi) is 5.06. The van der Waals surface area contributed by atoms with Gasteiger partial charge >= 0.3 is 0 Å². The summed E-state index contributed by atoms with van der Waals surface area (Å²) >= 11 is 0. The summed E-state index contributed by atoms with van der Waals surface area (Å²) in [4.78, 5) is 13.4. The third-order valence-electron chi connectivity index (χ3n) is 3.94. The molecule has 3 nitrogen and oxygen atoms in total. The predicted molar refractivity (Wildman–Crippen MR) is 73.6 cm³/mol. The molecule has 110 valence electrons. The van der Waals surface area contributed by atoms with Gasteiger partial charge in [0.2, 0.25) is 0 Å². The number of carbonyl (C=O) groups is 1. The lowest BCUT2D eigenvalue weighted by Crippen LogP contribution is -3.16. The molecule has 1 saturated heterocycles. The molecule has 0 aliphatic carbocycles. The number of benzene rings is 1. The molecular weight excluding hydrogens is 262 g/mol. The van der Waals surface area contributed by atoms with Crippen LogP contribution in [0.5, 0.6) is 0 Å². The first kappa shape index (κ1) is 14.9. The van der Waals surface area contributed by atoms with Gasteiger partial charge in [0.05, 0.1) is 18.8 Å². The molecule has 0 saturated carbocycles. The van der Waals surface area contributed by atoms with Crippen molar-refractivity contribution in [3.05, 3.63) is 29.8 Å². The third-order valence-corrected chi connectivity index (χ3v) is 3.94. The number of rotatable bonds is 3. The molecule has 20 heavy (non-hydrogen) atoms. The van der Waals surface area contributed by atoms with Crippen molar-refractivity contribution >= 4 is 11.6 Å². The van der Waals surface area contributed by atoms with Gasteiger partial charge in [0.1, 0.15) is 11.6 Å². The maximum absolute atomic E-state index is 13.5. The van der Waals surface area contributed by atoms with E-state index >= 15 is 0 Å². The van der Waals surface area contributed by atoms with Gasteiger partial charge in [-0.2, -0.15) is 0 Å². The van der Waals surface area contributed by atoms with Crippen LogP contribution in [0, 0.1) is 11.6 Å². The molecule has 1 amide bonds. The monoisotopic (exact) mass is 283 g/mol. The molecule has 1 aromatic carbocycles. The van der Waals surface area contributed by atoms with Crippen molar-refractivity contribution in [2.24, 2.45) is 0 Å². The highest BCUT2D eigenvalue weighted by atomic mass is 19.1. The molecule has 1 aliphatic heterocycles. The average molecular weight is 283 g/mol. The van der Waals surface area contributed by atoms with Gasteiger partial charge in [0.15, 0.2) is 6.04 Å². The van der Waals surface area contributed by atoms with Gasteiger partial charge in [-0.1, -0.05) is 0 Å². The first-order valence-electron chi connectivity index (χ1n) is 7.18. The zero-order valence-corrected chi connectivity index (χ0v) is 11.7. The van der Waals surface area contributed by atoms with E-state index in [9.17, 15) is 13.6 Å². The highest BCUT2D eigenvalue weighted by molar-refractivity contribution is 5.93. The Morgan fingerprint density at radius 1 is 1.20 bits per heavy atom. The number of halogens is 2. The highest BCUT2D eigenvalue weighted by Gasteiger charge is 2.26. The van der Waals surface area contributed by atoms with Crippen molar-refractivity contribution in [3.8, 4) is 0 Å². The first-order valence-corrected chi connectivity index (χ1v) is 7.18. The molecule has 2 N–H and O–H groups in total. The summed E-state index contributed by atoms with van der Waals surface area (Å²) in [5, 5.41) is 2.49. The van der Waals surface area contributed by atoms with E-state index in [1.807, 2.05) is 6.92 Å². The van der Waals surface area contributed by atoms with Crippen LogP contribution in [-0.4, -0.2) is 25.0 Å². The summed E-state index contributed by atoms with van der Waals surface area (Å²) in [5.74, 6) is -1.43. The van der Waals surface area contributed by atoms with Gasteiger partial charge in [-0.3, -0.25) is 4.79 Å². The van der Waals surface area contributed by atoms with Crippen molar-refractivity contribution in [1.29, 1.82) is 0 Å². The number of anilines is 1. The SMILES string of the molecule is C[C@@H](C(=O)Nc1cc(F)ccc1F)[NH+]1CCCCCC1. The molecule has 1 aliphatic rings. The summed E-state index contributed by atoms with van der Waals surface area (Å²) in [6.07, 6.45) is 4.63. The fourth-order valence-corrected chi connectivity index (χ4v) is 2.64. The Morgan fingerprint density at radius 3 is 2.50 bits per heavy atom. The van der Waals surface area contributed by atoms with Gasteiger partial charge < -0.3 is 10.2 Å². The second-order valence-electron chi connectivity index (χ2n) is 5.41. The molecular formula is C15H21F2N2O+. The van der Waals surface area contributed by atoms with E-state index in [2.05, 4.69) is 5.32 Å². The summed E-state index contributed by atoms with van der Waals surface area (Å²) in [7, 11) is 0. The maximum Gasteiger partial charge on any atom is 0.282 e. The van der Waals surface area contributed by atoms with Crippen LogP contribution in [0.4, 0.5) is 14.5 Å². The normalized spacial score (nSPS) is 18.4. The van der Waals surface area contributed by atoms with E-state index in [4.69, 9.17) is 0 Å². The van der Waals surface area contributed by atoms with Crippen LogP contribution in [0.3, 0.4) is 0 Å². The van der Waals surface area contributed by atoms with Crippen molar-refractivity contribution in [1.82, 2.24) is 0 Å².